The SMILES string of the molecule is CCOC(=O)[C@@H](CC(C)=O)[C@@H](C)CO[Si](c1ccccc1)(c1ccccc1)C(C)(C)C. The molecule has 0 fully saturated rings. The van der Waals surface area contributed by atoms with Crippen LogP contribution in [0.5, 0.6) is 0 Å². The number of benzene rings is 2. The number of carbonyl (C=O) groups is 2. The van der Waals surface area contributed by atoms with Gasteiger partial charge in [0.15, 0.2) is 0 Å². The molecule has 2 rings (SSSR count). The van der Waals surface area contributed by atoms with Gasteiger partial charge in [-0.1, -0.05) is 88.4 Å². The summed E-state index contributed by atoms with van der Waals surface area (Å²) in [6.45, 7) is 12.6. The van der Waals surface area contributed by atoms with Crippen LogP contribution in [0.4, 0.5) is 0 Å². The summed E-state index contributed by atoms with van der Waals surface area (Å²) in [4.78, 5) is 24.4. The third-order valence-electron chi connectivity index (χ3n) is 5.76. The molecular formula is C26H36O4Si. The van der Waals surface area contributed by atoms with Crippen LogP contribution in [-0.2, 0) is 18.8 Å². The Kier molecular flexibility index (Phi) is 8.77. The van der Waals surface area contributed by atoms with Crippen molar-refractivity contribution in [2.24, 2.45) is 11.8 Å². The predicted molar refractivity (Wildman–Crippen MR) is 128 cm³/mol. The fraction of sp³-hybridized carbons (Fsp3) is 0.462. The Morgan fingerprint density at radius 1 is 0.935 bits per heavy atom. The molecule has 0 bridgehead atoms. The number of esters is 1. The first-order valence-corrected chi connectivity index (χ1v) is 12.9. The molecule has 4 nitrogen and oxygen atoms in total. The van der Waals surface area contributed by atoms with Crippen molar-refractivity contribution in [2.45, 2.75) is 53.0 Å². The molecule has 0 spiro atoms. The third-order valence-corrected chi connectivity index (χ3v) is 10.8. The summed E-state index contributed by atoms with van der Waals surface area (Å²) in [5, 5.41) is 2.25. The maximum Gasteiger partial charge on any atom is 0.309 e. The van der Waals surface area contributed by atoms with E-state index in [1.165, 1.54) is 17.3 Å². The molecule has 0 saturated carbocycles. The normalized spacial score (nSPS) is 14.0. The van der Waals surface area contributed by atoms with E-state index in [2.05, 4.69) is 69.3 Å². The lowest BCUT2D eigenvalue weighted by Gasteiger charge is -2.44. The number of ketones is 1. The Morgan fingerprint density at radius 3 is 1.81 bits per heavy atom. The average Bonchev–Trinajstić information content (AvgIpc) is 2.73. The lowest BCUT2D eigenvalue weighted by Crippen LogP contribution is -2.67. The molecule has 2 atom stereocenters. The molecule has 0 aliphatic rings. The second kappa shape index (κ2) is 10.9. The van der Waals surface area contributed by atoms with Gasteiger partial charge in [0.1, 0.15) is 5.78 Å². The standard InChI is InChI=1S/C26H36O4Si/c1-7-29-25(28)24(18-21(3)27)20(2)19-30-31(26(4,5)6,22-14-10-8-11-15-22)23-16-12-9-13-17-23/h8-17,20,24H,7,18-19H2,1-6H3/t20-,24-/m0/s1. The van der Waals surface area contributed by atoms with Crippen molar-refractivity contribution < 1.29 is 18.8 Å². The number of ether oxygens (including phenoxy) is 1. The van der Waals surface area contributed by atoms with Crippen molar-refractivity contribution in [1.29, 1.82) is 0 Å². The van der Waals surface area contributed by atoms with Gasteiger partial charge in [-0.3, -0.25) is 4.79 Å². The summed E-state index contributed by atoms with van der Waals surface area (Å²) < 4.78 is 12.2. The largest absolute Gasteiger partial charge is 0.466 e. The molecular weight excluding hydrogens is 404 g/mol. The third kappa shape index (κ3) is 5.92. The van der Waals surface area contributed by atoms with Crippen molar-refractivity contribution >= 4 is 30.4 Å². The maximum absolute atomic E-state index is 12.6. The minimum absolute atomic E-state index is 0.0182. The monoisotopic (exact) mass is 440 g/mol. The van der Waals surface area contributed by atoms with E-state index in [-0.39, 0.29) is 29.1 Å². The predicted octanol–water partition coefficient (Wildman–Crippen LogP) is 4.36. The Hall–Kier alpha value is -2.24. The summed E-state index contributed by atoms with van der Waals surface area (Å²) in [6.07, 6.45) is 0.171. The lowest BCUT2D eigenvalue weighted by atomic mass is 9.90. The summed E-state index contributed by atoms with van der Waals surface area (Å²) in [5.41, 5.74) is 0. The van der Waals surface area contributed by atoms with Crippen molar-refractivity contribution in [3.63, 3.8) is 0 Å². The smallest absolute Gasteiger partial charge is 0.309 e. The molecule has 0 aromatic heterocycles. The Balaban J connectivity index is 2.46. The maximum atomic E-state index is 12.6. The Labute approximate surface area is 188 Å². The van der Waals surface area contributed by atoms with Crippen LogP contribution in [0.3, 0.4) is 0 Å². The quantitative estimate of drug-likeness (QED) is 0.407. The molecule has 0 amide bonds. The fourth-order valence-corrected chi connectivity index (χ4v) is 8.88. The van der Waals surface area contributed by atoms with Crippen LogP contribution in [0.15, 0.2) is 60.7 Å². The molecule has 0 aliphatic heterocycles. The van der Waals surface area contributed by atoms with Crippen LogP contribution in [0.2, 0.25) is 5.04 Å². The minimum Gasteiger partial charge on any atom is -0.466 e. The number of hydrogen-bond acceptors (Lipinski definition) is 4. The second-order valence-electron chi connectivity index (χ2n) is 9.22. The van der Waals surface area contributed by atoms with Crippen LogP contribution in [0.1, 0.15) is 48.0 Å². The van der Waals surface area contributed by atoms with E-state index in [1.54, 1.807) is 6.92 Å². The molecule has 5 heteroatoms. The van der Waals surface area contributed by atoms with Crippen molar-refractivity contribution in [1.82, 2.24) is 0 Å². The highest BCUT2D eigenvalue weighted by atomic mass is 28.4. The van der Waals surface area contributed by atoms with Gasteiger partial charge in [-0.15, -0.1) is 0 Å². The summed E-state index contributed by atoms with van der Waals surface area (Å²) >= 11 is 0. The highest BCUT2D eigenvalue weighted by Gasteiger charge is 2.50. The van der Waals surface area contributed by atoms with Crippen LogP contribution in [0, 0.1) is 11.8 Å². The van der Waals surface area contributed by atoms with Crippen LogP contribution in [-0.4, -0.2) is 33.3 Å². The molecule has 0 N–H and O–H groups in total. The second-order valence-corrected chi connectivity index (χ2v) is 13.5. The van der Waals surface area contributed by atoms with E-state index in [0.29, 0.717) is 13.2 Å². The molecule has 2 aromatic rings. The first kappa shape index (κ1) is 25.0. The van der Waals surface area contributed by atoms with Gasteiger partial charge in [0.05, 0.1) is 12.5 Å². The van der Waals surface area contributed by atoms with Crippen LogP contribution in [0.25, 0.3) is 0 Å². The van der Waals surface area contributed by atoms with Crippen LogP contribution < -0.4 is 10.4 Å². The zero-order valence-electron chi connectivity index (χ0n) is 19.7. The fourth-order valence-electron chi connectivity index (χ4n) is 4.21. The zero-order chi connectivity index (χ0) is 23.1. The first-order valence-electron chi connectivity index (χ1n) is 11.0. The van der Waals surface area contributed by atoms with Gasteiger partial charge >= 0.3 is 5.97 Å². The molecule has 31 heavy (non-hydrogen) atoms. The van der Waals surface area contributed by atoms with Crippen molar-refractivity contribution in [2.75, 3.05) is 13.2 Å². The topological polar surface area (TPSA) is 52.6 Å². The van der Waals surface area contributed by atoms with Gasteiger partial charge in [0.25, 0.3) is 8.32 Å². The molecule has 2 aromatic carbocycles. The lowest BCUT2D eigenvalue weighted by molar-refractivity contribution is -0.151. The Morgan fingerprint density at radius 2 is 1.42 bits per heavy atom. The van der Waals surface area contributed by atoms with E-state index in [1.807, 2.05) is 19.1 Å². The van der Waals surface area contributed by atoms with Gasteiger partial charge in [-0.2, -0.15) is 0 Å². The van der Waals surface area contributed by atoms with Crippen LogP contribution >= 0.6 is 0 Å². The molecule has 0 aliphatic carbocycles. The molecule has 0 heterocycles. The van der Waals surface area contributed by atoms with Gasteiger partial charge < -0.3 is 14.0 Å². The van der Waals surface area contributed by atoms with E-state index in [0.717, 1.165) is 0 Å². The molecule has 168 valence electrons. The summed E-state index contributed by atoms with van der Waals surface area (Å²) in [6, 6.07) is 20.8. The van der Waals surface area contributed by atoms with E-state index >= 15 is 0 Å². The van der Waals surface area contributed by atoms with Gasteiger partial charge in [0.2, 0.25) is 0 Å². The highest BCUT2D eigenvalue weighted by molar-refractivity contribution is 6.99. The molecule has 0 saturated heterocycles. The summed E-state index contributed by atoms with van der Waals surface area (Å²) in [7, 11) is -2.69. The average molecular weight is 441 g/mol. The zero-order valence-corrected chi connectivity index (χ0v) is 20.7. The van der Waals surface area contributed by atoms with Gasteiger partial charge in [-0.25, -0.2) is 0 Å². The van der Waals surface area contributed by atoms with Crippen molar-refractivity contribution in [3.8, 4) is 0 Å². The Bertz CT molecular complexity index is 803. The number of rotatable bonds is 10. The minimum atomic E-state index is -2.69. The molecule has 0 radical (unpaired) electrons. The summed E-state index contributed by atoms with van der Waals surface area (Å²) in [5.74, 6) is -0.994. The number of carbonyl (C=O) groups excluding carboxylic acids is 2. The van der Waals surface area contributed by atoms with Crippen molar-refractivity contribution in [3.05, 3.63) is 60.7 Å². The van der Waals surface area contributed by atoms with E-state index in [9.17, 15) is 9.59 Å². The van der Waals surface area contributed by atoms with Gasteiger partial charge in [-0.05, 0) is 35.2 Å². The first-order chi connectivity index (χ1) is 14.6. The van der Waals surface area contributed by atoms with Gasteiger partial charge in [0, 0.05) is 13.0 Å². The number of Topliss-reactive ketones (excluding diaryl/α,β-unsaturated/α-hetero) is 1. The molecule has 0 unspecified atom stereocenters. The number of hydrogen-bond donors (Lipinski definition) is 0. The highest BCUT2D eigenvalue weighted by Crippen LogP contribution is 2.37. The van der Waals surface area contributed by atoms with E-state index < -0.39 is 14.2 Å². The van der Waals surface area contributed by atoms with E-state index in [4.69, 9.17) is 9.16 Å².